The summed E-state index contributed by atoms with van der Waals surface area (Å²) in [5.41, 5.74) is -6.42. The Kier molecular flexibility index (Phi) is 13.1. The van der Waals surface area contributed by atoms with Crippen molar-refractivity contribution in [3.05, 3.63) is 0 Å². The zero-order valence-electron chi connectivity index (χ0n) is 21.1. The van der Waals surface area contributed by atoms with Gasteiger partial charge in [-0.3, -0.25) is 0 Å². The summed E-state index contributed by atoms with van der Waals surface area (Å²) in [6.07, 6.45) is -33.5. The minimum Gasteiger partial charge on any atom is -0.544 e. The first kappa shape index (κ1) is 38.4. The highest BCUT2D eigenvalue weighted by atomic mass is 32.2. The van der Waals surface area contributed by atoms with Crippen molar-refractivity contribution >= 4 is 16.0 Å². The number of likely N-dealkylation sites (N-methyl/N-ethyl adjacent to an activating group) is 1. The molecule has 40 heavy (non-hydrogen) atoms. The molecule has 0 bridgehead atoms. The van der Waals surface area contributed by atoms with Crippen LogP contribution in [0.15, 0.2) is 0 Å². The lowest BCUT2D eigenvalue weighted by Gasteiger charge is -2.35. The maximum Gasteiger partial charge on any atom is 0.431 e. The molecular formula is C20H29F13N2O4S. The first-order valence-corrected chi connectivity index (χ1v) is 13.1. The van der Waals surface area contributed by atoms with E-state index in [-0.39, 0.29) is 30.5 Å². The van der Waals surface area contributed by atoms with Gasteiger partial charge in [0.25, 0.3) is 5.67 Å². The number of alkyl halides is 13. The molecule has 6 nitrogen and oxygen atoms in total. The molecule has 0 heterocycles. The van der Waals surface area contributed by atoms with Gasteiger partial charge in [-0.25, -0.2) is 17.5 Å². The van der Waals surface area contributed by atoms with Crippen LogP contribution < -0.4 is 9.83 Å². The van der Waals surface area contributed by atoms with Gasteiger partial charge in [-0.15, -0.1) is 0 Å². The number of unbranched alkanes of at least 4 members (excludes halogenated alkanes) is 1. The van der Waals surface area contributed by atoms with Crippen LogP contribution >= 0.6 is 0 Å². The Morgan fingerprint density at radius 3 is 1.68 bits per heavy atom. The number of quaternary nitrogens is 1. The van der Waals surface area contributed by atoms with E-state index in [1.165, 1.54) is 14.1 Å². The van der Waals surface area contributed by atoms with Crippen LogP contribution in [0.25, 0.3) is 0 Å². The average molecular weight is 641 g/mol. The molecule has 0 saturated heterocycles. The lowest BCUT2D eigenvalue weighted by Crippen LogP contribution is -2.55. The van der Waals surface area contributed by atoms with E-state index >= 15 is 0 Å². The zero-order chi connectivity index (χ0) is 32.0. The van der Waals surface area contributed by atoms with Crippen molar-refractivity contribution in [2.75, 3.05) is 39.5 Å². The van der Waals surface area contributed by atoms with E-state index < -0.39 is 96.1 Å². The SMILES string of the molecule is C[N+](C)(CCCNS(=O)(=O)CCCCC(CC(CC(F)(C(F)(F)F)C(F)(F)F)C(F)(F)F)C(F)(F)F)CC(=O)[O-]. The average Bonchev–Trinajstić information content (AvgIpc) is 2.68. The molecule has 0 rings (SSSR count). The number of carbonyl (C=O) groups excluding carboxylic acids is 1. The van der Waals surface area contributed by atoms with Gasteiger partial charge in [-0.2, -0.15) is 52.7 Å². The Labute approximate surface area is 221 Å². The molecule has 0 saturated carbocycles. The van der Waals surface area contributed by atoms with Gasteiger partial charge in [0.15, 0.2) is 0 Å². The van der Waals surface area contributed by atoms with E-state index in [9.17, 15) is 75.4 Å². The number of aliphatic carboxylic acids is 1. The summed E-state index contributed by atoms with van der Waals surface area (Å²) in [6, 6.07) is 0. The molecule has 0 aliphatic heterocycles. The van der Waals surface area contributed by atoms with Crippen LogP contribution in [0.5, 0.6) is 0 Å². The summed E-state index contributed by atoms with van der Waals surface area (Å²) < 4.78 is 196. The second-order valence-corrected chi connectivity index (χ2v) is 11.9. The Morgan fingerprint density at radius 2 is 1.27 bits per heavy atom. The summed E-state index contributed by atoms with van der Waals surface area (Å²) in [6.45, 7) is -0.382. The Hall–Kier alpha value is -1.57. The van der Waals surface area contributed by atoms with Crippen LogP contribution in [-0.2, 0) is 14.8 Å². The summed E-state index contributed by atoms with van der Waals surface area (Å²) in [7, 11) is -1.07. The van der Waals surface area contributed by atoms with Crippen molar-refractivity contribution in [3.63, 3.8) is 0 Å². The number of halogens is 13. The summed E-state index contributed by atoms with van der Waals surface area (Å²) in [5.74, 6) is -9.25. The maximum atomic E-state index is 13.9. The number of sulfonamides is 1. The predicted molar refractivity (Wildman–Crippen MR) is 111 cm³/mol. The monoisotopic (exact) mass is 640 g/mol. The molecule has 0 aromatic heterocycles. The van der Waals surface area contributed by atoms with E-state index in [1.807, 2.05) is 0 Å². The van der Waals surface area contributed by atoms with E-state index in [2.05, 4.69) is 4.72 Å². The number of hydrogen-bond acceptors (Lipinski definition) is 4. The maximum absolute atomic E-state index is 13.9. The number of carboxylic acids is 1. The molecule has 0 aliphatic carbocycles. The number of hydrogen-bond donors (Lipinski definition) is 1. The van der Waals surface area contributed by atoms with Gasteiger partial charge >= 0.3 is 24.7 Å². The smallest absolute Gasteiger partial charge is 0.431 e. The highest BCUT2D eigenvalue weighted by Gasteiger charge is 2.74. The van der Waals surface area contributed by atoms with Crippen molar-refractivity contribution in [1.82, 2.24) is 4.72 Å². The summed E-state index contributed by atoms with van der Waals surface area (Å²) in [5, 5.41) is 10.6. The molecule has 0 spiro atoms. The number of carboxylic acid groups (broad SMARTS) is 1. The van der Waals surface area contributed by atoms with Crippen molar-refractivity contribution < 1.29 is 79.9 Å². The fraction of sp³-hybridized carbons (Fsp3) is 0.950. The highest BCUT2D eigenvalue weighted by molar-refractivity contribution is 7.89. The first-order chi connectivity index (χ1) is 17.5. The minimum absolute atomic E-state index is 0.0583. The lowest BCUT2D eigenvalue weighted by atomic mass is 9.82. The number of nitrogens with zero attached hydrogens (tertiary/aromatic N) is 1. The van der Waals surface area contributed by atoms with Crippen LogP contribution in [0.4, 0.5) is 57.1 Å². The van der Waals surface area contributed by atoms with E-state index in [1.54, 1.807) is 0 Å². The summed E-state index contributed by atoms with van der Waals surface area (Å²) >= 11 is 0. The molecule has 2 atom stereocenters. The highest BCUT2D eigenvalue weighted by Crippen LogP contribution is 2.53. The normalized spacial score (nSPS) is 16.2. The van der Waals surface area contributed by atoms with Crippen LogP contribution in [0, 0.1) is 11.8 Å². The van der Waals surface area contributed by atoms with Gasteiger partial charge in [0.1, 0.15) is 6.54 Å². The molecule has 240 valence electrons. The van der Waals surface area contributed by atoms with Crippen molar-refractivity contribution in [2.45, 2.75) is 68.9 Å². The van der Waals surface area contributed by atoms with Crippen molar-refractivity contribution in [2.24, 2.45) is 11.8 Å². The van der Waals surface area contributed by atoms with Crippen LogP contribution in [0.2, 0.25) is 0 Å². The van der Waals surface area contributed by atoms with Crippen LogP contribution in [0.3, 0.4) is 0 Å². The van der Waals surface area contributed by atoms with Gasteiger partial charge in [-0.05, 0) is 19.3 Å². The predicted octanol–water partition coefficient (Wildman–Crippen LogP) is 4.26. The van der Waals surface area contributed by atoms with Crippen molar-refractivity contribution in [3.8, 4) is 0 Å². The zero-order valence-corrected chi connectivity index (χ0v) is 21.9. The van der Waals surface area contributed by atoms with Gasteiger partial charge < -0.3 is 14.4 Å². The third kappa shape index (κ3) is 12.9. The Morgan fingerprint density at radius 1 is 0.800 bits per heavy atom. The topological polar surface area (TPSA) is 86.3 Å². The molecule has 0 fully saturated rings. The molecule has 2 unspecified atom stereocenters. The third-order valence-electron chi connectivity index (χ3n) is 5.96. The molecule has 0 aromatic rings. The van der Waals surface area contributed by atoms with Gasteiger partial charge in [0, 0.05) is 19.4 Å². The quantitative estimate of drug-likeness (QED) is 0.155. The standard InChI is InChI=1S/C20H29F13N2O4S/c1-35(2,12-15(36)37)8-5-7-34-40(38,39)9-4-3-6-13(17(22,23)24)10-14(18(25,26)27)11-16(21,19(28,29)30)20(31,32)33/h13-14,34H,3-12H2,1-2H3. The fourth-order valence-electron chi connectivity index (χ4n) is 3.74. The van der Waals surface area contributed by atoms with Gasteiger partial charge in [0.2, 0.25) is 10.0 Å². The number of carbonyl (C=O) groups is 1. The minimum atomic E-state index is -6.90. The molecule has 0 amide bonds. The number of nitrogens with one attached hydrogen (secondary N) is 1. The molecule has 1 N–H and O–H groups in total. The largest absolute Gasteiger partial charge is 0.544 e. The molecular weight excluding hydrogens is 611 g/mol. The summed E-state index contributed by atoms with van der Waals surface area (Å²) in [4.78, 5) is 10.6. The van der Waals surface area contributed by atoms with Crippen molar-refractivity contribution in [1.29, 1.82) is 0 Å². The van der Waals surface area contributed by atoms with E-state index in [0.717, 1.165) is 0 Å². The first-order valence-electron chi connectivity index (χ1n) is 11.5. The van der Waals surface area contributed by atoms with E-state index in [0.29, 0.717) is 0 Å². The van der Waals surface area contributed by atoms with E-state index in [4.69, 9.17) is 0 Å². The van der Waals surface area contributed by atoms with Gasteiger partial charge in [0.05, 0.1) is 44.2 Å². The molecule has 0 aromatic carbocycles. The van der Waals surface area contributed by atoms with Gasteiger partial charge in [-0.1, -0.05) is 6.42 Å². The lowest BCUT2D eigenvalue weighted by molar-refractivity contribution is -0.884. The second kappa shape index (κ2) is 13.6. The number of rotatable bonds is 16. The third-order valence-corrected chi connectivity index (χ3v) is 7.43. The molecule has 0 radical (unpaired) electrons. The Balaban J connectivity index is 5.28. The van der Waals surface area contributed by atoms with Crippen LogP contribution in [0.1, 0.15) is 38.5 Å². The Bertz CT molecular complexity index is 899. The second-order valence-electron chi connectivity index (χ2n) is 9.97. The fourth-order valence-corrected chi connectivity index (χ4v) is 4.93. The van der Waals surface area contributed by atoms with Crippen LogP contribution in [-0.4, -0.2) is 88.7 Å². The molecule has 20 heteroatoms. The molecule has 0 aliphatic rings.